The monoisotopic (exact) mass is 284 g/mol. The number of halogens is 1. The summed E-state index contributed by atoms with van der Waals surface area (Å²) in [7, 11) is -3.77. The molecular formula is C14H17FO3S. The molecule has 2 bridgehead atoms. The summed E-state index contributed by atoms with van der Waals surface area (Å²) >= 11 is 0. The molecule has 0 N–H and O–H groups in total. The number of alkyl halides is 1. The second-order valence-corrected chi connectivity index (χ2v) is 7.23. The van der Waals surface area contributed by atoms with E-state index in [4.69, 9.17) is 4.18 Å². The Hall–Kier alpha value is -0.940. The molecule has 104 valence electrons. The van der Waals surface area contributed by atoms with Gasteiger partial charge in [-0.25, -0.2) is 4.39 Å². The molecule has 2 saturated carbocycles. The lowest BCUT2D eigenvalue weighted by Gasteiger charge is -2.24. The van der Waals surface area contributed by atoms with Gasteiger partial charge < -0.3 is 0 Å². The maximum absolute atomic E-state index is 13.6. The zero-order valence-corrected chi connectivity index (χ0v) is 11.6. The minimum absolute atomic E-state index is 0.149. The van der Waals surface area contributed by atoms with Crippen molar-refractivity contribution in [2.75, 3.05) is 0 Å². The number of rotatable bonds is 3. The third kappa shape index (κ3) is 2.41. The number of aryl methyl sites for hydroxylation is 1. The highest BCUT2D eigenvalue weighted by molar-refractivity contribution is 7.86. The highest BCUT2D eigenvalue weighted by Crippen LogP contribution is 2.48. The fourth-order valence-electron chi connectivity index (χ4n) is 3.24. The first-order valence-corrected chi connectivity index (χ1v) is 8.00. The van der Waals surface area contributed by atoms with Gasteiger partial charge in [-0.05, 0) is 44.2 Å². The predicted octanol–water partition coefficient (Wildman–Crippen LogP) is 2.84. The van der Waals surface area contributed by atoms with Gasteiger partial charge in [-0.1, -0.05) is 17.7 Å². The lowest BCUT2D eigenvalue weighted by molar-refractivity contribution is 0.0875. The van der Waals surface area contributed by atoms with Gasteiger partial charge in [0.2, 0.25) is 0 Å². The molecule has 0 spiro atoms. The van der Waals surface area contributed by atoms with Gasteiger partial charge in [0, 0.05) is 5.92 Å². The minimum atomic E-state index is -3.77. The molecule has 0 aliphatic heterocycles. The molecule has 1 aromatic rings. The van der Waals surface area contributed by atoms with E-state index in [0.29, 0.717) is 18.8 Å². The maximum atomic E-state index is 13.6. The zero-order chi connectivity index (χ0) is 13.6. The van der Waals surface area contributed by atoms with Crippen LogP contribution in [0.15, 0.2) is 29.2 Å². The van der Waals surface area contributed by atoms with Crippen molar-refractivity contribution in [3.63, 3.8) is 0 Å². The molecule has 0 radical (unpaired) electrons. The molecule has 4 atom stereocenters. The number of hydrogen-bond donors (Lipinski definition) is 0. The van der Waals surface area contributed by atoms with Crippen LogP contribution in [0.25, 0.3) is 0 Å². The number of benzene rings is 1. The normalized spacial score (nSPS) is 33.8. The van der Waals surface area contributed by atoms with E-state index in [1.165, 1.54) is 12.1 Å². The Balaban J connectivity index is 1.77. The molecule has 2 aliphatic rings. The van der Waals surface area contributed by atoms with Crippen LogP contribution in [-0.4, -0.2) is 20.7 Å². The summed E-state index contributed by atoms with van der Waals surface area (Å²) < 4.78 is 43.2. The van der Waals surface area contributed by atoms with Crippen molar-refractivity contribution in [2.45, 2.75) is 43.4 Å². The van der Waals surface area contributed by atoms with Crippen LogP contribution in [0, 0.1) is 18.8 Å². The Morgan fingerprint density at radius 1 is 1.16 bits per heavy atom. The van der Waals surface area contributed by atoms with Crippen LogP contribution in [0.1, 0.15) is 24.8 Å². The van der Waals surface area contributed by atoms with Crippen molar-refractivity contribution >= 4 is 10.1 Å². The highest BCUT2D eigenvalue weighted by atomic mass is 32.2. The molecule has 5 heteroatoms. The van der Waals surface area contributed by atoms with Gasteiger partial charge in [0.15, 0.2) is 0 Å². The molecule has 19 heavy (non-hydrogen) atoms. The smallest absolute Gasteiger partial charge is 0.263 e. The van der Waals surface area contributed by atoms with Gasteiger partial charge in [-0.3, -0.25) is 4.18 Å². The van der Waals surface area contributed by atoms with E-state index in [2.05, 4.69) is 0 Å². The minimum Gasteiger partial charge on any atom is -0.263 e. The van der Waals surface area contributed by atoms with Gasteiger partial charge in [-0.2, -0.15) is 8.42 Å². The largest absolute Gasteiger partial charge is 0.297 e. The predicted molar refractivity (Wildman–Crippen MR) is 69.0 cm³/mol. The summed E-state index contributed by atoms with van der Waals surface area (Å²) in [6, 6.07) is 6.53. The summed E-state index contributed by atoms with van der Waals surface area (Å²) in [5.41, 5.74) is 0.989. The summed E-state index contributed by atoms with van der Waals surface area (Å²) in [5, 5.41) is 0. The van der Waals surface area contributed by atoms with Crippen LogP contribution in [0.3, 0.4) is 0 Å². The van der Waals surface area contributed by atoms with E-state index >= 15 is 0 Å². The molecule has 0 saturated heterocycles. The Kier molecular flexibility index (Phi) is 3.14. The Morgan fingerprint density at radius 2 is 1.84 bits per heavy atom. The summed E-state index contributed by atoms with van der Waals surface area (Å²) in [4.78, 5) is 0.149. The van der Waals surface area contributed by atoms with E-state index in [9.17, 15) is 12.8 Å². The van der Waals surface area contributed by atoms with E-state index in [0.717, 1.165) is 12.0 Å². The van der Waals surface area contributed by atoms with E-state index in [1.807, 2.05) is 6.92 Å². The molecule has 0 unspecified atom stereocenters. The average Bonchev–Trinajstić information content (AvgIpc) is 2.87. The van der Waals surface area contributed by atoms with Gasteiger partial charge in [0.05, 0.1) is 11.0 Å². The number of hydrogen-bond acceptors (Lipinski definition) is 3. The van der Waals surface area contributed by atoms with E-state index in [1.54, 1.807) is 12.1 Å². The Labute approximate surface area is 112 Å². The second kappa shape index (κ2) is 4.56. The van der Waals surface area contributed by atoms with E-state index in [-0.39, 0.29) is 10.8 Å². The summed E-state index contributed by atoms with van der Waals surface area (Å²) in [6.45, 7) is 1.89. The van der Waals surface area contributed by atoms with Crippen molar-refractivity contribution in [2.24, 2.45) is 11.8 Å². The lowest BCUT2D eigenvalue weighted by atomic mass is 9.96. The average molecular weight is 284 g/mol. The Bertz CT molecular complexity index is 567. The van der Waals surface area contributed by atoms with Crippen molar-refractivity contribution in [3.05, 3.63) is 29.8 Å². The van der Waals surface area contributed by atoms with Crippen LogP contribution in [0.2, 0.25) is 0 Å². The second-order valence-electron chi connectivity index (χ2n) is 5.65. The van der Waals surface area contributed by atoms with Crippen molar-refractivity contribution in [1.29, 1.82) is 0 Å². The molecule has 0 heterocycles. The van der Waals surface area contributed by atoms with Gasteiger partial charge in [0.25, 0.3) is 10.1 Å². The van der Waals surface area contributed by atoms with Gasteiger partial charge >= 0.3 is 0 Å². The fraction of sp³-hybridized carbons (Fsp3) is 0.571. The maximum Gasteiger partial charge on any atom is 0.297 e. The van der Waals surface area contributed by atoms with Crippen LogP contribution in [0.5, 0.6) is 0 Å². The third-order valence-corrected chi connectivity index (χ3v) is 5.58. The number of fused-ring (bicyclic) bond motifs is 2. The molecule has 2 fully saturated rings. The molecule has 0 amide bonds. The van der Waals surface area contributed by atoms with Crippen molar-refractivity contribution in [3.8, 4) is 0 Å². The summed E-state index contributed by atoms with van der Waals surface area (Å²) in [5.74, 6) is 0.0449. The third-order valence-electron chi connectivity index (χ3n) is 4.23. The van der Waals surface area contributed by atoms with Crippen LogP contribution in [0.4, 0.5) is 4.39 Å². The standard InChI is InChI=1S/C14H17FO3S/c1-9-2-4-11(5-3-9)19(16,17)18-14-8-10-6-12(14)13(15)7-10/h2-5,10,12-14H,6-8H2,1H3/t10-,12+,13+,14-/m1/s1. The van der Waals surface area contributed by atoms with Gasteiger partial charge in [-0.15, -0.1) is 0 Å². The first-order chi connectivity index (χ1) is 8.95. The molecule has 1 aromatic carbocycles. The van der Waals surface area contributed by atoms with Crippen LogP contribution < -0.4 is 0 Å². The molecule has 0 aromatic heterocycles. The fourth-order valence-corrected chi connectivity index (χ4v) is 4.36. The topological polar surface area (TPSA) is 43.4 Å². The zero-order valence-electron chi connectivity index (χ0n) is 10.8. The highest BCUT2D eigenvalue weighted by Gasteiger charge is 2.48. The van der Waals surface area contributed by atoms with Crippen LogP contribution in [-0.2, 0) is 14.3 Å². The Morgan fingerprint density at radius 3 is 2.42 bits per heavy atom. The first-order valence-electron chi connectivity index (χ1n) is 6.60. The lowest BCUT2D eigenvalue weighted by Crippen LogP contribution is -2.30. The van der Waals surface area contributed by atoms with Crippen molar-refractivity contribution < 1.29 is 17.0 Å². The van der Waals surface area contributed by atoms with E-state index < -0.39 is 22.4 Å². The first kappa shape index (κ1) is 13.1. The molecule has 2 aliphatic carbocycles. The van der Waals surface area contributed by atoms with Crippen LogP contribution >= 0.6 is 0 Å². The molecular weight excluding hydrogens is 267 g/mol. The quantitative estimate of drug-likeness (QED) is 0.802. The SMILES string of the molecule is Cc1ccc(S(=O)(=O)O[C@@H]2C[C@@H]3C[C@H]2[C@@H](F)C3)cc1. The van der Waals surface area contributed by atoms with Crippen molar-refractivity contribution in [1.82, 2.24) is 0 Å². The summed E-state index contributed by atoms with van der Waals surface area (Å²) in [6.07, 6.45) is 0.595. The molecule has 3 rings (SSSR count). The van der Waals surface area contributed by atoms with Gasteiger partial charge in [0.1, 0.15) is 6.17 Å². The molecule has 3 nitrogen and oxygen atoms in total.